The number of aromatic nitrogens is 3. The highest BCUT2D eigenvalue weighted by Gasteiger charge is 2.18. The van der Waals surface area contributed by atoms with Gasteiger partial charge in [-0.05, 0) is 18.2 Å². The second-order valence-electron chi connectivity index (χ2n) is 6.13. The number of nitrogens with zero attached hydrogens (tertiary/aromatic N) is 2. The molecule has 138 valence electrons. The van der Waals surface area contributed by atoms with Crippen LogP contribution in [0.3, 0.4) is 0 Å². The molecule has 1 amide bonds. The van der Waals surface area contributed by atoms with E-state index in [9.17, 15) is 9.59 Å². The van der Waals surface area contributed by atoms with E-state index in [-0.39, 0.29) is 11.7 Å². The number of ketones is 1. The molecule has 2 aromatic carbocycles. The fraction of sp³-hybridized carbons (Fsp3) is 0.0476. The van der Waals surface area contributed by atoms with Crippen LogP contribution in [0.15, 0.2) is 67.1 Å². The van der Waals surface area contributed by atoms with Crippen molar-refractivity contribution in [2.24, 2.45) is 0 Å². The van der Waals surface area contributed by atoms with E-state index in [1.807, 2.05) is 24.3 Å². The predicted octanol–water partition coefficient (Wildman–Crippen LogP) is 3.29. The zero-order valence-corrected chi connectivity index (χ0v) is 15.1. The maximum atomic E-state index is 13.0. The van der Waals surface area contributed by atoms with Crippen LogP contribution in [0.4, 0.5) is 11.5 Å². The molecule has 0 atom stereocenters. The Hall–Kier alpha value is -4.00. The van der Waals surface area contributed by atoms with Crippen molar-refractivity contribution < 1.29 is 9.59 Å². The summed E-state index contributed by atoms with van der Waals surface area (Å²) in [5.74, 6) is 0.182. The summed E-state index contributed by atoms with van der Waals surface area (Å²) >= 11 is 0. The maximum Gasteiger partial charge on any atom is 0.251 e. The molecule has 4 rings (SSSR count). The van der Waals surface area contributed by atoms with Crippen LogP contribution in [-0.4, -0.2) is 33.7 Å². The molecule has 0 bridgehead atoms. The SMILES string of the molecule is CNC(=O)c1cccc(Nc2ncnc3[nH]cc(C(=O)c4ccccc4)c23)c1. The Balaban J connectivity index is 1.76. The molecule has 0 aliphatic heterocycles. The molecule has 7 heteroatoms. The molecule has 3 N–H and O–H groups in total. The summed E-state index contributed by atoms with van der Waals surface area (Å²) < 4.78 is 0. The summed E-state index contributed by atoms with van der Waals surface area (Å²) in [5.41, 5.74) is 2.82. The number of rotatable bonds is 5. The minimum absolute atomic E-state index is 0.121. The highest BCUT2D eigenvalue weighted by molar-refractivity contribution is 6.18. The van der Waals surface area contributed by atoms with Crippen molar-refractivity contribution in [2.45, 2.75) is 0 Å². The van der Waals surface area contributed by atoms with Gasteiger partial charge in [0.1, 0.15) is 17.8 Å². The van der Waals surface area contributed by atoms with E-state index in [2.05, 4.69) is 25.6 Å². The first-order valence-electron chi connectivity index (χ1n) is 8.68. The van der Waals surface area contributed by atoms with Gasteiger partial charge in [0.2, 0.25) is 0 Å². The average molecular weight is 371 g/mol. The van der Waals surface area contributed by atoms with Crippen LogP contribution < -0.4 is 10.6 Å². The van der Waals surface area contributed by atoms with Crippen molar-refractivity contribution in [1.82, 2.24) is 20.3 Å². The molecule has 0 unspecified atom stereocenters. The highest BCUT2D eigenvalue weighted by atomic mass is 16.1. The Bertz CT molecular complexity index is 1170. The zero-order valence-electron chi connectivity index (χ0n) is 15.1. The van der Waals surface area contributed by atoms with Crippen LogP contribution in [0.2, 0.25) is 0 Å². The van der Waals surface area contributed by atoms with Gasteiger partial charge < -0.3 is 15.6 Å². The summed E-state index contributed by atoms with van der Waals surface area (Å²) in [5, 5.41) is 6.39. The molecule has 7 nitrogen and oxygen atoms in total. The molecule has 2 aromatic heterocycles. The number of nitrogens with one attached hydrogen (secondary N) is 3. The van der Waals surface area contributed by atoms with Crippen LogP contribution in [-0.2, 0) is 0 Å². The molecule has 4 aromatic rings. The van der Waals surface area contributed by atoms with Gasteiger partial charge in [-0.25, -0.2) is 9.97 Å². The monoisotopic (exact) mass is 371 g/mol. The van der Waals surface area contributed by atoms with Gasteiger partial charge in [-0.1, -0.05) is 36.4 Å². The highest BCUT2D eigenvalue weighted by Crippen LogP contribution is 2.28. The fourth-order valence-electron chi connectivity index (χ4n) is 3.00. The molecule has 0 aliphatic carbocycles. The van der Waals surface area contributed by atoms with E-state index in [4.69, 9.17) is 0 Å². The predicted molar refractivity (Wildman–Crippen MR) is 107 cm³/mol. The first-order valence-corrected chi connectivity index (χ1v) is 8.68. The standard InChI is InChI=1S/C21H17N5O2/c1-22-21(28)14-8-5-9-15(10-14)26-20-17-16(11-23-19(17)24-12-25-20)18(27)13-6-3-2-4-7-13/h2-12H,1H3,(H,22,28)(H2,23,24,25,26). The number of hydrogen-bond acceptors (Lipinski definition) is 5. The zero-order chi connectivity index (χ0) is 19.5. The van der Waals surface area contributed by atoms with Crippen molar-refractivity contribution in [3.63, 3.8) is 0 Å². The van der Waals surface area contributed by atoms with Gasteiger partial charge in [-0.15, -0.1) is 0 Å². The molecule has 0 fully saturated rings. The third-order valence-corrected chi connectivity index (χ3v) is 4.37. The lowest BCUT2D eigenvalue weighted by Gasteiger charge is -2.09. The quantitative estimate of drug-likeness (QED) is 0.468. The fourth-order valence-corrected chi connectivity index (χ4v) is 3.00. The number of hydrogen-bond donors (Lipinski definition) is 3. The summed E-state index contributed by atoms with van der Waals surface area (Å²) in [4.78, 5) is 36.4. The Kier molecular flexibility index (Phi) is 4.55. The number of amides is 1. The van der Waals surface area contributed by atoms with Crippen molar-refractivity contribution in [3.05, 3.63) is 83.8 Å². The second-order valence-corrected chi connectivity index (χ2v) is 6.13. The summed E-state index contributed by atoms with van der Waals surface area (Å²) in [6, 6.07) is 16.1. The molecule has 0 aliphatic rings. The minimum Gasteiger partial charge on any atom is -0.355 e. The lowest BCUT2D eigenvalue weighted by molar-refractivity contribution is 0.0962. The van der Waals surface area contributed by atoms with E-state index >= 15 is 0 Å². The van der Waals surface area contributed by atoms with Crippen LogP contribution in [0.25, 0.3) is 11.0 Å². The van der Waals surface area contributed by atoms with Crippen molar-refractivity contribution in [3.8, 4) is 0 Å². The lowest BCUT2D eigenvalue weighted by Crippen LogP contribution is -2.17. The Morgan fingerprint density at radius 1 is 0.964 bits per heavy atom. The van der Waals surface area contributed by atoms with Gasteiger partial charge in [-0.2, -0.15) is 0 Å². The van der Waals surface area contributed by atoms with Crippen molar-refractivity contribution in [1.29, 1.82) is 0 Å². The normalized spacial score (nSPS) is 10.6. The third-order valence-electron chi connectivity index (χ3n) is 4.37. The van der Waals surface area contributed by atoms with Gasteiger partial charge in [0.25, 0.3) is 5.91 Å². The smallest absolute Gasteiger partial charge is 0.251 e. The molecular weight excluding hydrogens is 354 g/mol. The summed E-state index contributed by atoms with van der Waals surface area (Å²) in [7, 11) is 1.58. The van der Waals surface area contributed by atoms with E-state index < -0.39 is 0 Å². The van der Waals surface area contributed by atoms with Crippen molar-refractivity contribution >= 4 is 34.2 Å². The van der Waals surface area contributed by atoms with Gasteiger partial charge in [0.05, 0.1) is 10.9 Å². The maximum absolute atomic E-state index is 13.0. The second kappa shape index (κ2) is 7.32. The molecule has 0 saturated heterocycles. The van der Waals surface area contributed by atoms with Gasteiger partial charge in [-0.3, -0.25) is 9.59 Å². The molecule has 0 spiro atoms. The molecule has 0 radical (unpaired) electrons. The minimum atomic E-state index is -0.182. The third kappa shape index (κ3) is 3.21. The van der Waals surface area contributed by atoms with Gasteiger partial charge >= 0.3 is 0 Å². The summed E-state index contributed by atoms with van der Waals surface area (Å²) in [6.07, 6.45) is 3.06. The number of carbonyl (C=O) groups is 2. The Morgan fingerprint density at radius 3 is 2.54 bits per heavy atom. The first kappa shape index (κ1) is 17.4. The number of fused-ring (bicyclic) bond motifs is 1. The van der Waals surface area contributed by atoms with Gasteiger partial charge in [0, 0.05) is 30.1 Å². The number of aromatic amines is 1. The van der Waals surface area contributed by atoms with E-state index in [1.54, 1.807) is 43.6 Å². The average Bonchev–Trinajstić information content (AvgIpc) is 3.18. The topological polar surface area (TPSA) is 99.8 Å². The van der Waals surface area contributed by atoms with Crippen LogP contribution in [0.1, 0.15) is 26.3 Å². The van der Waals surface area contributed by atoms with Crippen LogP contribution in [0, 0.1) is 0 Å². The van der Waals surface area contributed by atoms with E-state index in [1.165, 1.54) is 6.33 Å². The molecular formula is C21H17N5O2. The lowest BCUT2D eigenvalue weighted by atomic mass is 10.0. The summed E-state index contributed by atoms with van der Waals surface area (Å²) in [6.45, 7) is 0. The van der Waals surface area contributed by atoms with Crippen LogP contribution >= 0.6 is 0 Å². The molecule has 28 heavy (non-hydrogen) atoms. The molecule has 0 saturated carbocycles. The number of carbonyl (C=O) groups excluding carboxylic acids is 2. The van der Waals surface area contributed by atoms with E-state index in [0.717, 1.165) is 0 Å². The van der Waals surface area contributed by atoms with Crippen LogP contribution in [0.5, 0.6) is 0 Å². The number of benzene rings is 2. The first-order chi connectivity index (χ1) is 13.7. The number of anilines is 2. The number of H-pyrrole nitrogens is 1. The largest absolute Gasteiger partial charge is 0.355 e. The Morgan fingerprint density at radius 2 is 1.75 bits per heavy atom. The van der Waals surface area contributed by atoms with E-state index in [0.29, 0.717) is 39.2 Å². The van der Waals surface area contributed by atoms with Crippen molar-refractivity contribution in [2.75, 3.05) is 12.4 Å². The Labute approximate surface area is 160 Å². The van der Waals surface area contributed by atoms with Gasteiger partial charge in [0.15, 0.2) is 5.78 Å². The molecule has 2 heterocycles.